The Kier molecular flexibility index (Phi) is 6.92. The molecule has 0 bridgehead atoms. The van der Waals surface area contributed by atoms with Gasteiger partial charge in [-0.15, -0.1) is 0 Å². The highest BCUT2D eigenvalue weighted by molar-refractivity contribution is 7.90. The number of hydrogen-bond donors (Lipinski definition) is 1. The fourth-order valence-corrected chi connectivity index (χ4v) is 4.14. The molecule has 1 N–H and O–H groups in total. The minimum atomic E-state index is -3.20. The highest BCUT2D eigenvalue weighted by Crippen LogP contribution is 2.23. The minimum Gasteiger partial charge on any atom is -0.380 e. The van der Waals surface area contributed by atoms with Crippen LogP contribution in [0.25, 0.3) is 0 Å². The second-order valence-corrected chi connectivity index (χ2v) is 9.47. The molecule has 2 aromatic carbocycles. The molecule has 0 aromatic heterocycles. The monoisotopic (exact) mass is 416 g/mol. The van der Waals surface area contributed by atoms with Gasteiger partial charge in [0.2, 0.25) is 5.91 Å². The molecule has 156 valence electrons. The number of anilines is 2. The second-order valence-electron chi connectivity index (χ2n) is 7.46. The summed E-state index contributed by atoms with van der Waals surface area (Å²) in [5.41, 5.74) is 2.84. The van der Waals surface area contributed by atoms with Crippen LogP contribution in [0.4, 0.5) is 11.4 Å². The first kappa shape index (κ1) is 21.3. The van der Waals surface area contributed by atoms with E-state index in [4.69, 9.17) is 4.74 Å². The van der Waals surface area contributed by atoms with E-state index in [9.17, 15) is 13.2 Å². The summed E-state index contributed by atoms with van der Waals surface area (Å²) in [6.45, 7) is 1.91. The zero-order chi connectivity index (χ0) is 20.9. The highest BCUT2D eigenvalue weighted by atomic mass is 32.2. The Labute approximate surface area is 172 Å². The quantitative estimate of drug-likeness (QED) is 0.750. The Morgan fingerprint density at radius 2 is 1.83 bits per heavy atom. The van der Waals surface area contributed by atoms with Crippen molar-refractivity contribution in [1.82, 2.24) is 0 Å². The van der Waals surface area contributed by atoms with Gasteiger partial charge in [0.1, 0.15) is 0 Å². The third-order valence-corrected chi connectivity index (χ3v) is 6.35. The maximum atomic E-state index is 12.2. The van der Waals surface area contributed by atoms with Gasteiger partial charge >= 0.3 is 0 Å². The van der Waals surface area contributed by atoms with Gasteiger partial charge in [-0.2, -0.15) is 0 Å². The molecule has 6 nitrogen and oxygen atoms in total. The number of sulfone groups is 1. The largest absolute Gasteiger partial charge is 0.380 e. The van der Waals surface area contributed by atoms with Crippen LogP contribution in [0.1, 0.15) is 24.8 Å². The third-order valence-electron chi connectivity index (χ3n) is 5.22. The Morgan fingerprint density at radius 1 is 1.14 bits per heavy atom. The fourth-order valence-electron chi connectivity index (χ4n) is 3.51. The molecule has 1 heterocycles. The van der Waals surface area contributed by atoms with Crippen molar-refractivity contribution in [2.24, 2.45) is 0 Å². The van der Waals surface area contributed by atoms with Crippen LogP contribution in [0.15, 0.2) is 53.4 Å². The smallest absolute Gasteiger partial charge is 0.224 e. The first-order valence-corrected chi connectivity index (χ1v) is 11.7. The number of methoxy groups -OCH3 is 1. The molecule has 2 aromatic rings. The first-order valence-electron chi connectivity index (χ1n) is 9.82. The fraction of sp³-hybridized carbons (Fsp3) is 0.409. The van der Waals surface area contributed by atoms with Gasteiger partial charge in [0.05, 0.1) is 11.0 Å². The number of benzene rings is 2. The van der Waals surface area contributed by atoms with E-state index in [1.54, 1.807) is 31.4 Å². The number of carbonyl (C=O) groups is 1. The average Bonchev–Trinajstić information content (AvgIpc) is 2.72. The van der Waals surface area contributed by atoms with E-state index in [-0.39, 0.29) is 16.9 Å². The summed E-state index contributed by atoms with van der Waals surface area (Å²) in [4.78, 5) is 14.8. The lowest BCUT2D eigenvalue weighted by molar-refractivity contribution is -0.116. The molecule has 0 aliphatic carbocycles. The maximum Gasteiger partial charge on any atom is 0.224 e. The number of nitrogens with one attached hydrogen (secondary N) is 1. The second kappa shape index (κ2) is 9.41. The van der Waals surface area contributed by atoms with Gasteiger partial charge in [0.25, 0.3) is 0 Å². The molecule has 0 radical (unpaired) electrons. The molecule has 0 spiro atoms. The van der Waals surface area contributed by atoms with E-state index < -0.39 is 9.84 Å². The molecule has 1 saturated heterocycles. The SMILES string of the molecule is CO[C@H]1CCCN(c2ccc(NC(=O)CCc3ccc(S(C)(=O)=O)cc3)cc2)C1. The summed E-state index contributed by atoms with van der Waals surface area (Å²) in [5, 5.41) is 2.92. The van der Waals surface area contributed by atoms with Crippen molar-refractivity contribution in [2.75, 3.05) is 36.7 Å². The summed E-state index contributed by atoms with van der Waals surface area (Å²) in [5.74, 6) is -0.0673. The van der Waals surface area contributed by atoms with Crippen molar-refractivity contribution >= 4 is 27.1 Å². The van der Waals surface area contributed by atoms with Gasteiger partial charge in [0.15, 0.2) is 9.84 Å². The normalized spacial score (nSPS) is 17.2. The zero-order valence-corrected chi connectivity index (χ0v) is 17.7. The Bertz CT molecular complexity index is 924. The van der Waals surface area contributed by atoms with Crippen molar-refractivity contribution < 1.29 is 17.9 Å². The number of hydrogen-bond acceptors (Lipinski definition) is 5. The Morgan fingerprint density at radius 3 is 2.45 bits per heavy atom. The first-order chi connectivity index (χ1) is 13.8. The Balaban J connectivity index is 1.50. The van der Waals surface area contributed by atoms with Crippen LogP contribution in [0.3, 0.4) is 0 Å². The van der Waals surface area contributed by atoms with Gasteiger partial charge in [-0.1, -0.05) is 12.1 Å². The van der Waals surface area contributed by atoms with E-state index in [1.165, 1.54) is 6.26 Å². The van der Waals surface area contributed by atoms with E-state index >= 15 is 0 Å². The summed E-state index contributed by atoms with van der Waals surface area (Å²) in [6, 6.07) is 14.6. The van der Waals surface area contributed by atoms with Crippen molar-refractivity contribution in [2.45, 2.75) is 36.7 Å². The van der Waals surface area contributed by atoms with Crippen LogP contribution < -0.4 is 10.2 Å². The minimum absolute atomic E-state index is 0.0673. The summed E-state index contributed by atoms with van der Waals surface area (Å²) in [7, 11) is -1.44. The number of piperidine rings is 1. The summed E-state index contributed by atoms with van der Waals surface area (Å²) >= 11 is 0. The predicted molar refractivity (Wildman–Crippen MR) is 115 cm³/mol. The van der Waals surface area contributed by atoms with Crippen molar-refractivity contribution in [1.29, 1.82) is 0 Å². The van der Waals surface area contributed by atoms with Crippen LogP contribution in [-0.4, -0.2) is 46.9 Å². The van der Waals surface area contributed by atoms with E-state index in [0.717, 1.165) is 42.9 Å². The van der Waals surface area contributed by atoms with Crippen molar-refractivity contribution in [3.63, 3.8) is 0 Å². The predicted octanol–water partition coefficient (Wildman–Crippen LogP) is 3.28. The van der Waals surface area contributed by atoms with E-state index in [0.29, 0.717) is 12.8 Å². The van der Waals surface area contributed by atoms with Crippen LogP contribution in [-0.2, 0) is 25.8 Å². The Hall–Kier alpha value is -2.38. The van der Waals surface area contributed by atoms with Crippen LogP contribution >= 0.6 is 0 Å². The summed E-state index contributed by atoms with van der Waals surface area (Å²) < 4.78 is 28.5. The average molecular weight is 417 g/mol. The number of ether oxygens (including phenoxy) is 1. The number of amides is 1. The molecule has 1 amide bonds. The maximum absolute atomic E-state index is 12.2. The molecular formula is C22H28N2O4S. The van der Waals surface area contributed by atoms with E-state index in [2.05, 4.69) is 10.2 Å². The van der Waals surface area contributed by atoms with Gasteiger partial charge < -0.3 is 15.0 Å². The molecule has 7 heteroatoms. The summed E-state index contributed by atoms with van der Waals surface area (Å²) in [6.07, 6.45) is 4.55. The molecule has 29 heavy (non-hydrogen) atoms. The zero-order valence-electron chi connectivity index (χ0n) is 16.9. The van der Waals surface area contributed by atoms with Crippen LogP contribution in [0.5, 0.6) is 0 Å². The molecule has 1 fully saturated rings. The van der Waals surface area contributed by atoms with E-state index in [1.807, 2.05) is 24.3 Å². The lowest BCUT2D eigenvalue weighted by Gasteiger charge is -2.33. The molecular weight excluding hydrogens is 388 g/mol. The number of carbonyl (C=O) groups excluding carboxylic acids is 1. The third kappa shape index (κ3) is 6.05. The van der Waals surface area contributed by atoms with Crippen molar-refractivity contribution in [3.05, 3.63) is 54.1 Å². The molecule has 1 aliphatic heterocycles. The van der Waals surface area contributed by atoms with Gasteiger partial charge in [-0.3, -0.25) is 4.79 Å². The molecule has 0 saturated carbocycles. The number of aryl methyl sites for hydroxylation is 1. The molecule has 3 rings (SSSR count). The molecule has 1 atom stereocenters. The molecule has 0 unspecified atom stereocenters. The number of rotatable bonds is 7. The van der Waals surface area contributed by atoms with Gasteiger partial charge in [-0.05, 0) is 61.2 Å². The van der Waals surface area contributed by atoms with Crippen molar-refractivity contribution in [3.8, 4) is 0 Å². The standard InChI is InChI=1S/C22H28N2O4S/c1-28-20-4-3-15-24(16-20)19-10-8-18(9-11-19)23-22(25)14-7-17-5-12-21(13-6-17)29(2,26)27/h5-6,8-13,20H,3-4,7,14-16H2,1-2H3,(H,23,25)/t20-/m0/s1. The van der Waals surface area contributed by atoms with Crippen LogP contribution in [0, 0.1) is 0 Å². The van der Waals surface area contributed by atoms with Gasteiger partial charge in [-0.25, -0.2) is 8.42 Å². The topological polar surface area (TPSA) is 75.7 Å². The lowest BCUT2D eigenvalue weighted by atomic mass is 10.1. The van der Waals surface area contributed by atoms with Crippen LogP contribution in [0.2, 0.25) is 0 Å². The lowest BCUT2D eigenvalue weighted by Crippen LogP contribution is -2.39. The molecule has 1 aliphatic rings. The number of nitrogens with zero attached hydrogens (tertiary/aromatic N) is 1. The highest BCUT2D eigenvalue weighted by Gasteiger charge is 2.19. The van der Waals surface area contributed by atoms with Gasteiger partial charge in [0, 0.05) is 44.3 Å².